The molecule has 3 aromatic rings. The number of benzene rings is 3. The lowest BCUT2D eigenvalue weighted by atomic mass is 10.1. The monoisotopic (exact) mass is 496 g/mol. The number of carbonyl (C=O) groups is 1. The largest absolute Gasteiger partial charge is 0.493 e. The highest BCUT2D eigenvalue weighted by Crippen LogP contribution is 2.28. The van der Waals surface area contributed by atoms with Crippen LogP contribution in [0, 0.1) is 20.8 Å². The summed E-state index contributed by atoms with van der Waals surface area (Å²) in [7, 11) is -0.842. The first-order valence-electron chi connectivity index (χ1n) is 11.2. The minimum absolute atomic E-state index is 0.0830. The highest BCUT2D eigenvalue weighted by molar-refractivity contribution is 7.89. The molecule has 0 bridgehead atoms. The number of ether oxygens (including phenoxy) is 2. The first-order valence-corrected chi connectivity index (χ1v) is 12.7. The molecular weight excluding hydrogens is 464 g/mol. The van der Waals surface area contributed by atoms with Gasteiger partial charge in [0.1, 0.15) is 0 Å². The maximum Gasteiger partial charge on any atom is 0.244 e. The molecule has 0 aliphatic rings. The summed E-state index contributed by atoms with van der Waals surface area (Å²) < 4.78 is 39.3. The third-order valence-corrected chi connectivity index (χ3v) is 7.76. The predicted molar refractivity (Wildman–Crippen MR) is 136 cm³/mol. The molecule has 0 aromatic heterocycles. The van der Waals surface area contributed by atoms with Gasteiger partial charge >= 0.3 is 0 Å². The van der Waals surface area contributed by atoms with Crippen molar-refractivity contribution in [1.82, 2.24) is 9.62 Å². The van der Waals surface area contributed by atoms with Crippen LogP contribution in [0.4, 0.5) is 0 Å². The van der Waals surface area contributed by atoms with E-state index in [1.165, 1.54) is 4.31 Å². The lowest BCUT2D eigenvalue weighted by molar-refractivity contribution is -0.121. The minimum atomic E-state index is -3.94. The summed E-state index contributed by atoms with van der Waals surface area (Å²) in [6.07, 6.45) is 0. The standard InChI is InChI=1S/C27H32N2O5S/c1-19-13-20(2)27(21(3)14-19)35(31,32)29(17-22-9-7-6-8-10-22)18-26(30)28-16-23-11-12-24(33-4)25(15-23)34-5/h6-15H,16-18H2,1-5H3,(H,28,30). The van der Waals surface area contributed by atoms with Crippen molar-refractivity contribution in [3.63, 3.8) is 0 Å². The van der Waals surface area contributed by atoms with E-state index in [-0.39, 0.29) is 24.5 Å². The lowest BCUT2D eigenvalue weighted by Crippen LogP contribution is -2.40. The van der Waals surface area contributed by atoms with Crippen LogP contribution >= 0.6 is 0 Å². The number of hydrogen-bond acceptors (Lipinski definition) is 5. The van der Waals surface area contributed by atoms with Crippen LogP contribution in [0.25, 0.3) is 0 Å². The van der Waals surface area contributed by atoms with E-state index in [0.717, 1.165) is 16.7 Å². The number of nitrogens with zero attached hydrogens (tertiary/aromatic N) is 1. The molecule has 35 heavy (non-hydrogen) atoms. The Morgan fingerprint density at radius 1 is 0.857 bits per heavy atom. The topological polar surface area (TPSA) is 84.9 Å². The maximum atomic E-state index is 13.8. The smallest absolute Gasteiger partial charge is 0.244 e. The zero-order valence-electron chi connectivity index (χ0n) is 20.8. The second-order valence-electron chi connectivity index (χ2n) is 8.45. The Labute approximate surface area is 207 Å². The van der Waals surface area contributed by atoms with Gasteiger partial charge < -0.3 is 14.8 Å². The van der Waals surface area contributed by atoms with Crippen LogP contribution in [0.2, 0.25) is 0 Å². The van der Waals surface area contributed by atoms with Gasteiger partial charge in [0, 0.05) is 13.1 Å². The quantitative estimate of drug-likeness (QED) is 0.456. The second-order valence-corrected chi connectivity index (χ2v) is 10.3. The van der Waals surface area contributed by atoms with Crippen molar-refractivity contribution in [2.45, 2.75) is 38.8 Å². The number of nitrogens with one attached hydrogen (secondary N) is 1. The maximum absolute atomic E-state index is 13.8. The van der Waals surface area contributed by atoms with Gasteiger partial charge in [-0.05, 0) is 55.2 Å². The summed E-state index contributed by atoms with van der Waals surface area (Å²) in [5.41, 5.74) is 3.91. The molecule has 0 unspecified atom stereocenters. The summed E-state index contributed by atoms with van der Waals surface area (Å²) in [4.78, 5) is 13.2. The Morgan fingerprint density at radius 3 is 2.09 bits per heavy atom. The summed E-state index contributed by atoms with van der Waals surface area (Å²) in [6, 6.07) is 18.3. The van der Waals surface area contributed by atoms with E-state index in [1.54, 1.807) is 40.2 Å². The van der Waals surface area contributed by atoms with E-state index in [0.29, 0.717) is 22.6 Å². The zero-order chi connectivity index (χ0) is 25.6. The molecule has 7 nitrogen and oxygen atoms in total. The van der Waals surface area contributed by atoms with Crippen LogP contribution in [0.5, 0.6) is 11.5 Å². The van der Waals surface area contributed by atoms with Crippen molar-refractivity contribution in [3.8, 4) is 11.5 Å². The molecule has 3 rings (SSSR count). The Hall–Kier alpha value is -3.36. The SMILES string of the molecule is COc1ccc(CNC(=O)CN(Cc2ccccc2)S(=O)(=O)c2c(C)cc(C)cc2C)cc1OC. The first kappa shape index (κ1) is 26.2. The summed E-state index contributed by atoms with van der Waals surface area (Å²) in [6.45, 7) is 5.49. The highest BCUT2D eigenvalue weighted by atomic mass is 32.2. The molecule has 0 aliphatic carbocycles. The fourth-order valence-corrected chi connectivity index (χ4v) is 5.92. The Balaban J connectivity index is 1.84. The number of sulfonamides is 1. The normalized spacial score (nSPS) is 11.4. The second kappa shape index (κ2) is 11.4. The van der Waals surface area contributed by atoms with Crippen molar-refractivity contribution < 1.29 is 22.7 Å². The van der Waals surface area contributed by atoms with E-state index in [2.05, 4.69) is 5.32 Å². The average molecular weight is 497 g/mol. The van der Waals surface area contributed by atoms with E-state index in [4.69, 9.17) is 9.47 Å². The Bertz CT molecular complexity index is 1270. The van der Waals surface area contributed by atoms with Crippen LogP contribution in [0.3, 0.4) is 0 Å². The fourth-order valence-electron chi connectivity index (χ4n) is 4.12. The highest BCUT2D eigenvalue weighted by Gasteiger charge is 2.30. The molecule has 8 heteroatoms. The van der Waals surface area contributed by atoms with Crippen molar-refractivity contribution >= 4 is 15.9 Å². The molecule has 0 spiro atoms. The van der Waals surface area contributed by atoms with Gasteiger partial charge in [0.05, 0.1) is 25.7 Å². The van der Waals surface area contributed by atoms with Crippen LogP contribution in [-0.4, -0.2) is 39.4 Å². The Kier molecular flexibility index (Phi) is 8.53. The molecule has 0 heterocycles. The van der Waals surface area contributed by atoms with E-state index >= 15 is 0 Å². The average Bonchev–Trinajstić information content (AvgIpc) is 2.82. The van der Waals surface area contributed by atoms with Gasteiger partial charge in [0.25, 0.3) is 0 Å². The van der Waals surface area contributed by atoms with E-state index < -0.39 is 15.9 Å². The van der Waals surface area contributed by atoms with Crippen LogP contribution in [-0.2, 0) is 27.9 Å². The zero-order valence-corrected chi connectivity index (χ0v) is 21.6. The van der Waals surface area contributed by atoms with Gasteiger partial charge in [-0.1, -0.05) is 54.1 Å². The Morgan fingerprint density at radius 2 is 1.49 bits per heavy atom. The van der Waals surface area contributed by atoms with Crippen molar-refractivity contribution in [3.05, 3.63) is 88.5 Å². The van der Waals surface area contributed by atoms with Gasteiger partial charge in [-0.25, -0.2) is 8.42 Å². The van der Waals surface area contributed by atoms with Crippen molar-refractivity contribution in [2.24, 2.45) is 0 Å². The van der Waals surface area contributed by atoms with Gasteiger partial charge in [-0.3, -0.25) is 4.79 Å². The molecule has 0 atom stereocenters. The number of rotatable bonds is 10. The number of methoxy groups -OCH3 is 2. The predicted octanol–water partition coefficient (Wildman–Crippen LogP) is 4.14. The molecule has 1 amide bonds. The third-order valence-electron chi connectivity index (χ3n) is 5.66. The number of amides is 1. The molecule has 0 aliphatic heterocycles. The molecule has 186 valence electrons. The third kappa shape index (κ3) is 6.41. The minimum Gasteiger partial charge on any atom is -0.493 e. The van der Waals surface area contributed by atoms with Gasteiger partial charge in [-0.2, -0.15) is 4.31 Å². The molecule has 3 aromatic carbocycles. The van der Waals surface area contributed by atoms with Crippen LogP contribution < -0.4 is 14.8 Å². The number of aryl methyl sites for hydroxylation is 3. The number of carbonyl (C=O) groups excluding carboxylic acids is 1. The number of hydrogen-bond donors (Lipinski definition) is 1. The summed E-state index contributed by atoms with van der Waals surface area (Å²) in [5.74, 6) is 0.742. The first-order chi connectivity index (χ1) is 16.6. The molecule has 0 fully saturated rings. The summed E-state index contributed by atoms with van der Waals surface area (Å²) in [5, 5.41) is 2.82. The lowest BCUT2D eigenvalue weighted by Gasteiger charge is -2.24. The van der Waals surface area contributed by atoms with Crippen LogP contribution in [0.1, 0.15) is 27.8 Å². The van der Waals surface area contributed by atoms with Gasteiger partial charge in [0.15, 0.2) is 11.5 Å². The molecule has 0 saturated heterocycles. The molecule has 0 radical (unpaired) electrons. The van der Waals surface area contributed by atoms with Crippen molar-refractivity contribution in [1.29, 1.82) is 0 Å². The molecule has 0 saturated carbocycles. The molecular formula is C27H32N2O5S. The summed E-state index contributed by atoms with van der Waals surface area (Å²) >= 11 is 0. The van der Waals surface area contributed by atoms with E-state index in [1.807, 2.05) is 55.5 Å². The van der Waals surface area contributed by atoms with E-state index in [9.17, 15) is 13.2 Å². The van der Waals surface area contributed by atoms with Gasteiger partial charge in [0.2, 0.25) is 15.9 Å². The fraction of sp³-hybridized carbons (Fsp3) is 0.296. The van der Waals surface area contributed by atoms with Crippen molar-refractivity contribution in [2.75, 3.05) is 20.8 Å². The molecule has 1 N–H and O–H groups in total. The van der Waals surface area contributed by atoms with Gasteiger partial charge in [-0.15, -0.1) is 0 Å². The van der Waals surface area contributed by atoms with Crippen LogP contribution in [0.15, 0.2) is 65.6 Å².